The average molecular weight is 247 g/mol. The van der Waals surface area contributed by atoms with E-state index in [2.05, 4.69) is 5.32 Å². The first-order chi connectivity index (χ1) is 8.66. The van der Waals surface area contributed by atoms with Crippen molar-refractivity contribution in [3.8, 4) is 0 Å². The molecule has 2 N–H and O–H groups in total. The molecule has 0 aromatic heterocycles. The molecule has 98 valence electrons. The monoisotopic (exact) mass is 247 g/mol. The van der Waals surface area contributed by atoms with Gasteiger partial charge in [-0.3, -0.25) is 4.79 Å². The molecule has 1 aromatic rings. The zero-order chi connectivity index (χ0) is 13.0. The number of carbonyl (C=O) groups is 1. The molecular formula is C15H21NO2. The molecule has 0 spiro atoms. The third kappa shape index (κ3) is 3.40. The summed E-state index contributed by atoms with van der Waals surface area (Å²) in [5.74, 6) is 0.146. The molecule has 1 fully saturated rings. The van der Waals surface area contributed by atoms with Crippen LogP contribution in [0.25, 0.3) is 0 Å². The molecule has 1 atom stereocenters. The number of hydrogen-bond acceptors (Lipinski definition) is 3. The highest BCUT2D eigenvalue weighted by atomic mass is 16.3. The Hall–Kier alpha value is -1.19. The highest BCUT2D eigenvalue weighted by Gasteiger charge is 2.24. The molecule has 1 aliphatic carbocycles. The van der Waals surface area contributed by atoms with E-state index in [4.69, 9.17) is 0 Å². The van der Waals surface area contributed by atoms with Gasteiger partial charge in [-0.05, 0) is 38.2 Å². The summed E-state index contributed by atoms with van der Waals surface area (Å²) in [6, 6.07) is 9.95. The van der Waals surface area contributed by atoms with Crippen molar-refractivity contribution in [3.63, 3.8) is 0 Å². The van der Waals surface area contributed by atoms with Crippen molar-refractivity contribution in [1.82, 2.24) is 5.32 Å². The van der Waals surface area contributed by atoms with Crippen molar-refractivity contribution < 1.29 is 9.90 Å². The number of hydrogen-bond donors (Lipinski definition) is 2. The summed E-state index contributed by atoms with van der Waals surface area (Å²) in [4.78, 5) is 11.8. The fourth-order valence-corrected chi connectivity index (χ4v) is 2.57. The summed E-state index contributed by atoms with van der Waals surface area (Å²) in [7, 11) is 0. The van der Waals surface area contributed by atoms with Crippen LogP contribution in [0.2, 0.25) is 0 Å². The molecule has 0 bridgehead atoms. The van der Waals surface area contributed by atoms with Crippen LogP contribution < -0.4 is 5.32 Å². The van der Waals surface area contributed by atoms with Gasteiger partial charge in [-0.25, -0.2) is 0 Å². The van der Waals surface area contributed by atoms with Crippen LogP contribution >= 0.6 is 0 Å². The number of rotatable bonds is 4. The van der Waals surface area contributed by atoms with E-state index in [0.717, 1.165) is 31.2 Å². The van der Waals surface area contributed by atoms with Crippen LogP contribution in [-0.2, 0) is 4.79 Å². The van der Waals surface area contributed by atoms with Gasteiger partial charge in [-0.1, -0.05) is 30.3 Å². The summed E-state index contributed by atoms with van der Waals surface area (Å²) in [6.07, 6.45) is 3.39. The zero-order valence-electron chi connectivity index (χ0n) is 10.8. The molecule has 1 aromatic carbocycles. The highest BCUT2D eigenvalue weighted by Crippen LogP contribution is 2.22. The van der Waals surface area contributed by atoms with E-state index in [0.29, 0.717) is 6.04 Å². The number of benzene rings is 1. The molecule has 0 radical (unpaired) electrons. The summed E-state index contributed by atoms with van der Waals surface area (Å²) in [5.41, 5.74) is 1.02. The normalized spacial score (nSPS) is 25.7. The number of Topliss-reactive ketones (excluding diaryl/α,β-unsaturated/α-hetero) is 1. The van der Waals surface area contributed by atoms with Gasteiger partial charge in [0.15, 0.2) is 5.78 Å². The van der Waals surface area contributed by atoms with E-state index < -0.39 is 0 Å². The van der Waals surface area contributed by atoms with Crippen molar-refractivity contribution in [2.75, 3.05) is 0 Å². The van der Waals surface area contributed by atoms with Crippen LogP contribution in [0.5, 0.6) is 0 Å². The van der Waals surface area contributed by atoms with Gasteiger partial charge in [0, 0.05) is 6.04 Å². The molecule has 0 heterocycles. The molecule has 2 rings (SSSR count). The molecule has 3 nitrogen and oxygen atoms in total. The first kappa shape index (κ1) is 13.2. The van der Waals surface area contributed by atoms with Crippen molar-refractivity contribution in [2.45, 2.75) is 50.8 Å². The van der Waals surface area contributed by atoms with Crippen LogP contribution in [0.3, 0.4) is 0 Å². The molecule has 0 amide bonds. The maximum absolute atomic E-state index is 11.8. The largest absolute Gasteiger partial charge is 0.393 e. The van der Waals surface area contributed by atoms with Gasteiger partial charge >= 0.3 is 0 Å². The summed E-state index contributed by atoms with van der Waals surface area (Å²) in [6.45, 7) is 1.63. The van der Waals surface area contributed by atoms with Gasteiger partial charge in [0.1, 0.15) is 0 Å². The second-order valence-corrected chi connectivity index (χ2v) is 5.13. The lowest BCUT2D eigenvalue weighted by molar-refractivity contribution is -0.119. The second-order valence-electron chi connectivity index (χ2n) is 5.13. The number of aliphatic hydroxyl groups excluding tert-OH is 1. The summed E-state index contributed by atoms with van der Waals surface area (Å²) >= 11 is 0. The minimum absolute atomic E-state index is 0.146. The van der Waals surface area contributed by atoms with Gasteiger partial charge in [-0.15, -0.1) is 0 Å². The quantitative estimate of drug-likeness (QED) is 0.857. The maximum atomic E-state index is 11.8. The fourth-order valence-electron chi connectivity index (χ4n) is 2.57. The van der Waals surface area contributed by atoms with Crippen molar-refractivity contribution in [2.24, 2.45) is 0 Å². The van der Waals surface area contributed by atoms with Crippen LogP contribution in [0, 0.1) is 0 Å². The Labute approximate surface area is 108 Å². The van der Waals surface area contributed by atoms with E-state index in [9.17, 15) is 9.90 Å². The topological polar surface area (TPSA) is 49.3 Å². The first-order valence-electron chi connectivity index (χ1n) is 6.66. The van der Waals surface area contributed by atoms with Crippen LogP contribution in [0.4, 0.5) is 0 Å². The van der Waals surface area contributed by atoms with Gasteiger partial charge < -0.3 is 10.4 Å². The van der Waals surface area contributed by atoms with Crippen LogP contribution in [0.15, 0.2) is 30.3 Å². The maximum Gasteiger partial charge on any atom is 0.151 e. The lowest BCUT2D eigenvalue weighted by Gasteiger charge is -2.29. The number of ketones is 1. The van der Waals surface area contributed by atoms with E-state index in [1.54, 1.807) is 6.92 Å². The predicted molar refractivity (Wildman–Crippen MR) is 71.3 cm³/mol. The Kier molecular flexibility index (Phi) is 4.50. The van der Waals surface area contributed by atoms with Crippen molar-refractivity contribution in [3.05, 3.63) is 35.9 Å². The molecule has 1 saturated carbocycles. The Morgan fingerprint density at radius 3 is 2.39 bits per heavy atom. The zero-order valence-corrected chi connectivity index (χ0v) is 10.8. The molecule has 18 heavy (non-hydrogen) atoms. The molecule has 1 aliphatic rings. The third-order valence-electron chi connectivity index (χ3n) is 3.64. The van der Waals surface area contributed by atoms with Gasteiger partial charge in [0.25, 0.3) is 0 Å². The number of aliphatic hydroxyl groups is 1. The third-order valence-corrected chi connectivity index (χ3v) is 3.64. The smallest absolute Gasteiger partial charge is 0.151 e. The molecule has 0 unspecified atom stereocenters. The van der Waals surface area contributed by atoms with E-state index in [1.165, 1.54) is 0 Å². The Morgan fingerprint density at radius 1 is 1.22 bits per heavy atom. The average Bonchev–Trinajstić information content (AvgIpc) is 2.38. The van der Waals surface area contributed by atoms with Crippen molar-refractivity contribution >= 4 is 5.78 Å². The summed E-state index contributed by atoms with van der Waals surface area (Å²) < 4.78 is 0. The molecule has 3 heteroatoms. The fraction of sp³-hybridized carbons (Fsp3) is 0.533. The Balaban J connectivity index is 2.01. The van der Waals surface area contributed by atoms with E-state index in [1.807, 2.05) is 30.3 Å². The van der Waals surface area contributed by atoms with Gasteiger partial charge in [0.2, 0.25) is 0 Å². The van der Waals surface area contributed by atoms with E-state index >= 15 is 0 Å². The molecule has 0 saturated heterocycles. The lowest BCUT2D eigenvalue weighted by atomic mass is 9.91. The first-order valence-corrected chi connectivity index (χ1v) is 6.66. The van der Waals surface area contributed by atoms with Crippen molar-refractivity contribution in [1.29, 1.82) is 0 Å². The Morgan fingerprint density at radius 2 is 1.83 bits per heavy atom. The summed E-state index contributed by atoms with van der Waals surface area (Å²) in [5, 5.41) is 12.9. The van der Waals surface area contributed by atoms with Crippen LogP contribution in [0.1, 0.15) is 44.2 Å². The highest BCUT2D eigenvalue weighted by molar-refractivity contribution is 5.82. The van der Waals surface area contributed by atoms with Gasteiger partial charge in [-0.2, -0.15) is 0 Å². The van der Waals surface area contributed by atoms with Crippen LogP contribution in [-0.4, -0.2) is 23.0 Å². The second kappa shape index (κ2) is 6.12. The lowest BCUT2D eigenvalue weighted by Crippen LogP contribution is -2.39. The number of nitrogens with one attached hydrogen (secondary N) is 1. The standard InChI is InChI=1S/C15H21NO2/c1-11(17)15(12-5-3-2-4-6-12)16-13-7-9-14(18)10-8-13/h2-6,13-16,18H,7-10H2,1H3/t13?,14?,15-/m1/s1. The minimum Gasteiger partial charge on any atom is -0.393 e. The number of carbonyl (C=O) groups excluding carboxylic acids is 1. The molecule has 0 aliphatic heterocycles. The SMILES string of the molecule is CC(=O)[C@@H](NC1CCC(O)CC1)c1ccccc1. The Bertz CT molecular complexity index is 383. The molecular weight excluding hydrogens is 226 g/mol. The predicted octanol–water partition coefficient (Wildman–Crippen LogP) is 2.21. The van der Waals surface area contributed by atoms with Gasteiger partial charge in [0.05, 0.1) is 12.1 Å². The van der Waals surface area contributed by atoms with E-state index in [-0.39, 0.29) is 17.9 Å². The minimum atomic E-state index is -0.216.